The molecule has 16 heavy (non-hydrogen) atoms. The van der Waals surface area contributed by atoms with Gasteiger partial charge in [0.25, 0.3) is 0 Å². The molecular weight excluding hydrogens is 212 g/mol. The van der Waals surface area contributed by atoms with Crippen LogP contribution < -0.4 is 0 Å². The van der Waals surface area contributed by atoms with Gasteiger partial charge in [0.2, 0.25) is 0 Å². The molecule has 0 heterocycles. The van der Waals surface area contributed by atoms with Crippen LogP contribution in [0, 0.1) is 0 Å². The number of rotatable bonds is 3. The number of hydrogen-bond donors (Lipinski definition) is 3. The summed E-state index contributed by atoms with van der Waals surface area (Å²) < 4.78 is 0. The number of carbonyl (C=O) groups is 2. The minimum atomic E-state index is -1.94. The van der Waals surface area contributed by atoms with E-state index in [-0.39, 0.29) is 6.42 Å². The van der Waals surface area contributed by atoms with E-state index >= 15 is 0 Å². The summed E-state index contributed by atoms with van der Waals surface area (Å²) in [6.45, 7) is 1.16. The van der Waals surface area contributed by atoms with Crippen LogP contribution >= 0.6 is 0 Å². The zero-order chi connectivity index (χ0) is 12.3. The summed E-state index contributed by atoms with van der Waals surface area (Å²) in [5, 5.41) is 27.7. The number of Topliss-reactive ketones (excluding diaryl/α,β-unsaturated/α-hetero) is 1. The maximum Gasteiger partial charge on any atom is 0.328 e. The van der Waals surface area contributed by atoms with Gasteiger partial charge in [-0.05, 0) is 18.6 Å². The number of allylic oxidation sites excluding steroid dienone is 3. The van der Waals surface area contributed by atoms with Crippen LogP contribution in [-0.2, 0) is 9.59 Å². The lowest BCUT2D eigenvalue weighted by molar-refractivity contribution is -0.134. The Morgan fingerprint density at radius 2 is 2.06 bits per heavy atom. The maximum atomic E-state index is 11.2. The van der Waals surface area contributed by atoms with Crippen molar-refractivity contribution in [1.82, 2.24) is 0 Å². The lowest BCUT2D eigenvalue weighted by Gasteiger charge is -2.27. The number of carbonyl (C=O) groups excluding carboxylic acids is 1. The second-order valence-corrected chi connectivity index (χ2v) is 3.56. The fourth-order valence-electron chi connectivity index (χ4n) is 1.37. The van der Waals surface area contributed by atoms with Crippen molar-refractivity contribution < 1.29 is 24.9 Å². The topological polar surface area (TPSA) is 94.8 Å². The average molecular weight is 224 g/mol. The van der Waals surface area contributed by atoms with Gasteiger partial charge in [-0.15, -0.1) is 0 Å². The van der Waals surface area contributed by atoms with Crippen LogP contribution in [0.2, 0.25) is 0 Å². The third-order valence-electron chi connectivity index (χ3n) is 2.36. The molecule has 0 aromatic heterocycles. The fraction of sp³-hybridized carbons (Fsp3) is 0.273. The van der Waals surface area contributed by atoms with Crippen LogP contribution in [0.3, 0.4) is 0 Å². The Hall–Kier alpha value is -1.88. The summed E-state index contributed by atoms with van der Waals surface area (Å²) >= 11 is 0. The first kappa shape index (κ1) is 12.2. The lowest BCUT2D eigenvalue weighted by atomic mass is 9.85. The van der Waals surface area contributed by atoms with Crippen molar-refractivity contribution in [2.24, 2.45) is 0 Å². The van der Waals surface area contributed by atoms with Crippen molar-refractivity contribution in [2.75, 3.05) is 0 Å². The number of carboxylic acid groups (broad SMARTS) is 1. The molecule has 0 saturated carbocycles. The normalized spacial score (nSPS) is 25.1. The Bertz CT molecular complexity index is 416. The SMILES string of the molecule is CC(=O)C1(O)CC(/C=C/C(=O)O)=CC=C1O. The molecule has 0 aromatic carbocycles. The summed E-state index contributed by atoms with van der Waals surface area (Å²) in [5.41, 5.74) is -1.48. The molecule has 1 atom stereocenters. The van der Waals surface area contributed by atoms with Gasteiger partial charge in [-0.2, -0.15) is 0 Å². The van der Waals surface area contributed by atoms with Crippen LogP contribution in [0.4, 0.5) is 0 Å². The monoisotopic (exact) mass is 224 g/mol. The van der Waals surface area contributed by atoms with E-state index in [4.69, 9.17) is 5.11 Å². The summed E-state index contributed by atoms with van der Waals surface area (Å²) in [6.07, 6.45) is 4.69. The van der Waals surface area contributed by atoms with Gasteiger partial charge in [-0.1, -0.05) is 12.2 Å². The molecule has 0 fully saturated rings. The molecule has 0 saturated heterocycles. The van der Waals surface area contributed by atoms with Gasteiger partial charge in [0.15, 0.2) is 11.4 Å². The highest BCUT2D eigenvalue weighted by atomic mass is 16.4. The maximum absolute atomic E-state index is 11.2. The summed E-state index contributed by atoms with van der Waals surface area (Å²) in [4.78, 5) is 21.5. The smallest absolute Gasteiger partial charge is 0.328 e. The Balaban J connectivity index is 2.96. The number of ketones is 1. The summed E-state index contributed by atoms with van der Waals surface area (Å²) in [6, 6.07) is 0. The molecular formula is C11H12O5. The largest absolute Gasteiger partial charge is 0.509 e. The minimum Gasteiger partial charge on any atom is -0.509 e. The molecule has 0 amide bonds. The predicted molar refractivity (Wildman–Crippen MR) is 55.8 cm³/mol. The standard InChI is InChI=1S/C11H12O5/c1-7(12)11(16)6-8(2-4-9(11)13)3-5-10(14)15/h2-5,13,16H,6H2,1H3,(H,14,15)/b5-3+. The molecule has 0 radical (unpaired) electrons. The predicted octanol–water partition coefficient (Wildman–Crippen LogP) is 0.719. The van der Waals surface area contributed by atoms with Gasteiger partial charge in [0, 0.05) is 12.5 Å². The third kappa shape index (κ3) is 2.38. The molecule has 5 heteroatoms. The van der Waals surface area contributed by atoms with Crippen molar-refractivity contribution in [3.63, 3.8) is 0 Å². The Labute approximate surface area is 92.0 Å². The highest BCUT2D eigenvalue weighted by Gasteiger charge is 2.39. The van der Waals surface area contributed by atoms with Crippen LogP contribution in [-0.4, -0.2) is 32.7 Å². The molecule has 1 rings (SSSR count). The highest BCUT2D eigenvalue weighted by Crippen LogP contribution is 2.29. The van der Waals surface area contributed by atoms with E-state index in [1.807, 2.05) is 0 Å². The fourth-order valence-corrected chi connectivity index (χ4v) is 1.37. The molecule has 0 aromatic rings. The second kappa shape index (κ2) is 4.32. The van der Waals surface area contributed by atoms with Crippen molar-refractivity contribution in [3.8, 4) is 0 Å². The van der Waals surface area contributed by atoms with E-state index in [1.165, 1.54) is 18.2 Å². The first-order chi connectivity index (χ1) is 7.36. The lowest BCUT2D eigenvalue weighted by Crippen LogP contribution is -2.40. The van der Waals surface area contributed by atoms with Crippen molar-refractivity contribution in [1.29, 1.82) is 0 Å². The van der Waals surface area contributed by atoms with E-state index in [1.54, 1.807) is 0 Å². The first-order valence-electron chi connectivity index (χ1n) is 4.61. The van der Waals surface area contributed by atoms with E-state index in [9.17, 15) is 19.8 Å². The Morgan fingerprint density at radius 1 is 1.44 bits per heavy atom. The average Bonchev–Trinajstić information content (AvgIpc) is 2.19. The van der Waals surface area contributed by atoms with E-state index in [0.29, 0.717) is 5.57 Å². The molecule has 0 aliphatic heterocycles. The van der Waals surface area contributed by atoms with Crippen LogP contribution in [0.1, 0.15) is 13.3 Å². The molecule has 1 aliphatic rings. The van der Waals surface area contributed by atoms with Crippen molar-refractivity contribution >= 4 is 11.8 Å². The van der Waals surface area contributed by atoms with Gasteiger partial charge < -0.3 is 15.3 Å². The Kier molecular flexibility index (Phi) is 3.29. The number of aliphatic hydroxyl groups excluding tert-OH is 1. The zero-order valence-corrected chi connectivity index (χ0v) is 8.67. The zero-order valence-electron chi connectivity index (χ0n) is 8.67. The van der Waals surface area contributed by atoms with Crippen LogP contribution in [0.25, 0.3) is 0 Å². The second-order valence-electron chi connectivity index (χ2n) is 3.56. The van der Waals surface area contributed by atoms with Crippen LogP contribution in [0.15, 0.2) is 35.6 Å². The molecule has 1 aliphatic carbocycles. The first-order valence-corrected chi connectivity index (χ1v) is 4.61. The number of aliphatic carboxylic acids is 1. The van der Waals surface area contributed by atoms with Gasteiger partial charge in [-0.25, -0.2) is 4.79 Å². The highest BCUT2D eigenvalue weighted by molar-refractivity contribution is 5.89. The van der Waals surface area contributed by atoms with Gasteiger partial charge in [-0.3, -0.25) is 4.79 Å². The molecule has 5 nitrogen and oxygen atoms in total. The molecule has 3 N–H and O–H groups in total. The van der Waals surface area contributed by atoms with E-state index in [0.717, 1.165) is 13.0 Å². The van der Waals surface area contributed by atoms with Gasteiger partial charge in [0.1, 0.15) is 5.76 Å². The van der Waals surface area contributed by atoms with Gasteiger partial charge >= 0.3 is 5.97 Å². The molecule has 1 unspecified atom stereocenters. The quantitative estimate of drug-likeness (QED) is 0.614. The molecule has 0 spiro atoms. The van der Waals surface area contributed by atoms with Crippen molar-refractivity contribution in [3.05, 3.63) is 35.6 Å². The van der Waals surface area contributed by atoms with E-state index in [2.05, 4.69) is 0 Å². The molecule has 86 valence electrons. The van der Waals surface area contributed by atoms with Gasteiger partial charge in [0.05, 0.1) is 0 Å². The summed E-state index contributed by atoms with van der Waals surface area (Å²) in [5.74, 6) is -2.13. The number of aliphatic hydroxyl groups is 2. The number of carboxylic acids is 1. The van der Waals surface area contributed by atoms with Crippen LogP contribution in [0.5, 0.6) is 0 Å². The van der Waals surface area contributed by atoms with E-state index < -0.39 is 23.1 Å². The number of hydrogen-bond acceptors (Lipinski definition) is 4. The summed E-state index contributed by atoms with van der Waals surface area (Å²) in [7, 11) is 0. The minimum absolute atomic E-state index is 0.131. The molecule has 0 bridgehead atoms. The third-order valence-corrected chi connectivity index (χ3v) is 2.36. The Morgan fingerprint density at radius 3 is 2.56 bits per heavy atom. The van der Waals surface area contributed by atoms with Crippen molar-refractivity contribution in [2.45, 2.75) is 18.9 Å².